The Balaban J connectivity index is 2.21. The normalized spacial score (nSPS) is 13.7. The van der Waals surface area contributed by atoms with Crippen molar-refractivity contribution in [2.75, 3.05) is 0 Å². The largest absolute Gasteiger partial charge is 0.508 e. The van der Waals surface area contributed by atoms with E-state index in [-0.39, 0.29) is 31.4 Å². The molecule has 0 aliphatic carbocycles. The fourth-order valence-electron chi connectivity index (χ4n) is 3.55. The van der Waals surface area contributed by atoms with Crippen LogP contribution in [0.5, 0.6) is 5.75 Å². The zero-order valence-corrected chi connectivity index (χ0v) is 21.2. The molecule has 2 aromatic rings. The molecule has 1 heterocycles. The van der Waals surface area contributed by atoms with Crippen molar-refractivity contribution in [2.24, 2.45) is 11.5 Å². The minimum Gasteiger partial charge on any atom is -0.508 e. The summed E-state index contributed by atoms with van der Waals surface area (Å²) in [7, 11) is 0. The Bertz CT molecular complexity index is 1200. The van der Waals surface area contributed by atoms with Crippen LogP contribution in [-0.2, 0) is 41.6 Å². The van der Waals surface area contributed by atoms with Crippen molar-refractivity contribution >= 4 is 35.6 Å². The van der Waals surface area contributed by atoms with Crippen LogP contribution in [0.4, 0.5) is 0 Å². The number of primary amides is 1. The highest BCUT2D eigenvalue weighted by Crippen LogP contribution is 2.12. The Morgan fingerprint density at radius 2 is 1.48 bits per heavy atom. The number of aromatic hydroxyl groups is 1. The van der Waals surface area contributed by atoms with Crippen LogP contribution in [0.3, 0.4) is 0 Å². The van der Waals surface area contributed by atoms with E-state index in [1.54, 1.807) is 0 Å². The van der Waals surface area contributed by atoms with Crippen LogP contribution in [-0.4, -0.2) is 85.0 Å². The Morgan fingerprint density at radius 1 is 0.875 bits per heavy atom. The minimum absolute atomic E-state index is 0.0328. The number of nitrogens with zero attached hydrogens (tertiary/aromatic N) is 1. The van der Waals surface area contributed by atoms with Crippen molar-refractivity contribution < 1.29 is 44.1 Å². The van der Waals surface area contributed by atoms with Gasteiger partial charge in [0.25, 0.3) is 0 Å². The Hall–Kier alpha value is -4.99. The number of carboxylic acids is 2. The molecule has 0 radical (unpaired) electrons. The molecule has 0 fully saturated rings. The summed E-state index contributed by atoms with van der Waals surface area (Å²) in [5.41, 5.74) is 11.7. The fraction of sp³-hybridized carbons (Fsp3) is 0.375. The summed E-state index contributed by atoms with van der Waals surface area (Å²) in [4.78, 5) is 79.4. The maximum absolute atomic E-state index is 13.2. The number of nitrogens with one attached hydrogen (secondary N) is 4. The van der Waals surface area contributed by atoms with Crippen molar-refractivity contribution in [3.8, 4) is 5.75 Å². The predicted molar refractivity (Wildman–Crippen MR) is 136 cm³/mol. The highest BCUT2D eigenvalue weighted by molar-refractivity contribution is 5.95. The lowest BCUT2D eigenvalue weighted by Gasteiger charge is -2.25. The smallest absolute Gasteiger partial charge is 0.326 e. The molecule has 4 unspecified atom stereocenters. The second kappa shape index (κ2) is 14.8. The van der Waals surface area contributed by atoms with E-state index < -0.39 is 66.2 Å². The number of carboxylic acid groups (broad SMARTS) is 2. The third-order valence-electron chi connectivity index (χ3n) is 5.65. The highest BCUT2D eigenvalue weighted by atomic mass is 16.4. The first-order valence-corrected chi connectivity index (χ1v) is 12.0. The topological polar surface area (TPSA) is 280 Å². The van der Waals surface area contributed by atoms with Crippen molar-refractivity contribution in [1.29, 1.82) is 0 Å². The summed E-state index contributed by atoms with van der Waals surface area (Å²) in [5.74, 6) is -6.31. The van der Waals surface area contributed by atoms with E-state index in [1.165, 1.54) is 36.8 Å². The fourth-order valence-corrected chi connectivity index (χ4v) is 3.55. The molecular weight excluding hydrogens is 530 g/mol. The lowest BCUT2D eigenvalue weighted by molar-refractivity contribution is -0.142. The second-order valence-corrected chi connectivity index (χ2v) is 8.88. The standard InChI is InChI=1S/C24H31N7O9/c25-15(9-20(34)35)21(36)30-17(8-13-10-27-11-28-13)23(38)29-16(5-6-19(26)33)22(37)31-18(24(39)40)7-12-1-3-14(32)4-2-12/h1-4,10-11,15-18,32H,5-9,25H2,(H2,26,33)(H,27,28)(H,29,38)(H,30,36)(H,31,37)(H,34,35)(H,39,40). The number of hydrogen-bond donors (Lipinski definition) is 9. The molecule has 0 saturated carbocycles. The van der Waals surface area contributed by atoms with Crippen LogP contribution < -0.4 is 27.4 Å². The lowest BCUT2D eigenvalue weighted by Crippen LogP contribution is -2.58. The van der Waals surface area contributed by atoms with Gasteiger partial charge in [-0.1, -0.05) is 12.1 Å². The molecule has 0 bridgehead atoms. The molecule has 0 spiro atoms. The minimum atomic E-state index is -1.47. The summed E-state index contributed by atoms with van der Waals surface area (Å²) in [6, 6.07) is -0.0488. The number of phenols is 1. The number of benzene rings is 1. The number of amides is 4. The molecular formula is C24H31N7O9. The van der Waals surface area contributed by atoms with E-state index in [1.807, 2.05) is 0 Å². The lowest BCUT2D eigenvalue weighted by atomic mass is 10.0. The van der Waals surface area contributed by atoms with Crippen LogP contribution in [0.15, 0.2) is 36.8 Å². The van der Waals surface area contributed by atoms with Gasteiger partial charge in [-0.25, -0.2) is 9.78 Å². The molecule has 1 aromatic heterocycles. The first kappa shape index (κ1) is 31.2. The quantitative estimate of drug-likeness (QED) is 0.103. The van der Waals surface area contributed by atoms with Gasteiger partial charge >= 0.3 is 11.9 Å². The molecule has 1 aromatic carbocycles. The molecule has 0 saturated heterocycles. The van der Waals surface area contributed by atoms with Crippen LogP contribution in [0, 0.1) is 0 Å². The molecule has 16 heteroatoms. The third-order valence-corrected chi connectivity index (χ3v) is 5.65. The number of phenolic OH excluding ortho intramolecular Hbond substituents is 1. The van der Waals surface area contributed by atoms with Crippen molar-refractivity contribution in [3.63, 3.8) is 0 Å². The Labute approximate surface area is 227 Å². The van der Waals surface area contributed by atoms with Gasteiger partial charge in [-0.05, 0) is 24.1 Å². The number of hydrogen-bond acceptors (Lipinski definition) is 9. The summed E-state index contributed by atoms with van der Waals surface area (Å²) < 4.78 is 0. The van der Waals surface area contributed by atoms with E-state index in [0.29, 0.717) is 11.3 Å². The number of carbonyl (C=O) groups excluding carboxylic acids is 4. The molecule has 216 valence electrons. The number of aromatic nitrogens is 2. The number of rotatable bonds is 16. The van der Waals surface area contributed by atoms with Gasteiger partial charge < -0.3 is 47.7 Å². The average Bonchev–Trinajstić information content (AvgIpc) is 3.39. The van der Waals surface area contributed by atoms with E-state index in [9.17, 15) is 39.0 Å². The zero-order valence-electron chi connectivity index (χ0n) is 21.2. The maximum Gasteiger partial charge on any atom is 0.326 e. The molecule has 4 atom stereocenters. The molecule has 40 heavy (non-hydrogen) atoms. The van der Waals surface area contributed by atoms with E-state index in [4.69, 9.17) is 16.6 Å². The van der Waals surface area contributed by atoms with Gasteiger partial charge in [0.15, 0.2) is 0 Å². The third kappa shape index (κ3) is 10.4. The second-order valence-electron chi connectivity index (χ2n) is 8.88. The van der Waals surface area contributed by atoms with Gasteiger partial charge in [0.05, 0.1) is 18.8 Å². The van der Waals surface area contributed by atoms with Gasteiger partial charge in [0.1, 0.15) is 23.9 Å². The van der Waals surface area contributed by atoms with Gasteiger partial charge in [0.2, 0.25) is 23.6 Å². The van der Waals surface area contributed by atoms with Crippen LogP contribution in [0.2, 0.25) is 0 Å². The monoisotopic (exact) mass is 561 g/mol. The highest BCUT2D eigenvalue weighted by Gasteiger charge is 2.31. The van der Waals surface area contributed by atoms with E-state index >= 15 is 0 Å². The SMILES string of the molecule is NC(=O)CCC(NC(=O)C(Cc1cnc[nH]1)NC(=O)C(N)CC(=O)O)C(=O)NC(Cc1ccc(O)cc1)C(=O)O. The summed E-state index contributed by atoms with van der Waals surface area (Å²) >= 11 is 0. The molecule has 0 aliphatic rings. The number of imidazole rings is 1. The molecule has 2 rings (SSSR count). The average molecular weight is 562 g/mol. The van der Waals surface area contributed by atoms with Gasteiger partial charge in [-0.15, -0.1) is 0 Å². The first-order valence-electron chi connectivity index (χ1n) is 12.0. The van der Waals surface area contributed by atoms with Gasteiger partial charge in [-0.2, -0.15) is 0 Å². The summed E-state index contributed by atoms with van der Waals surface area (Å²) in [6.45, 7) is 0. The molecule has 4 amide bonds. The van der Waals surface area contributed by atoms with Gasteiger partial charge in [-0.3, -0.25) is 24.0 Å². The predicted octanol–water partition coefficient (Wildman–Crippen LogP) is -2.49. The number of H-pyrrole nitrogens is 1. The van der Waals surface area contributed by atoms with Gasteiger partial charge in [0, 0.05) is 31.2 Å². The van der Waals surface area contributed by atoms with Crippen LogP contribution >= 0.6 is 0 Å². The summed E-state index contributed by atoms with van der Waals surface area (Å²) in [5, 5.41) is 35.0. The molecule has 16 nitrogen and oxygen atoms in total. The first-order chi connectivity index (χ1) is 18.8. The van der Waals surface area contributed by atoms with Crippen LogP contribution in [0.1, 0.15) is 30.5 Å². The van der Waals surface area contributed by atoms with Crippen molar-refractivity contribution in [3.05, 3.63) is 48.0 Å². The van der Waals surface area contributed by atoms with E-state index in [2.05, 4.69) is 25.9 Å². The molecule has 11 N–H and O–H groups in total. The number of aromatic amines is 1. The Kier molecular flexibility index (Phi) is 11.6. The maximum atomic E-state index is 13.2. The zero-order chi connectivity index (χ0) is 29.8. The van der Waals surface area contributed by atoms with E-state index in [0.717, 1.165) is 0 Å². The number of aliphatic carboxylic acids is 2. The summed E-state index contributed by atoms with van der Waals surface area (Å²) in [6.07, 6.45) is 1.06. The van der Waals surface area contributed by atoms with Crippen LogP contribution in [0.25, 0.3) is 0 Å². The van der Waals surface area contributed by atoms with Crippen molar-refractivity contribution in [1.82, 2.24) is 25.9 Å². The Morgan fingerprint density at radius 3 is 2.02 bits per heavy atom. The molecule has 0 aliphatic heterocycles. The van der Waals surface area contributed by atoms with Crippen molar-refractivity contribution in [2.45, 2.75) is 56.3 Å². The number of nitrogens with two attached hydrogens (primary N) is 2. The number of carbonyl (C=O) groups is 6.